The maximum Gasteiger partial charge on any atom is 0.345 e. The zero-order chi connectivity index (χ0) is 17.2. The van der Waals surface area contributed by atoms with Crippen LogP contribution in [-0.4, -0.2) is 4.98 Å². The monoisotopic (exact) mass is 347 g/mol. The number of pyridine rings is 1. The zero-order valence-electron chi connectivity index (χ0n) is 13.3. The van der Waals surface area contributed by atoms with Gasteiger partial charge in [0.25, 0.3) is 0 Å². The number of hydrogen-bond acceptors (Lipinski definition) is 3. The molecule has 0 N–H and O–H groups in total. The number of hydrogen-bond donors (Lipinski definition) is 0. The summed E-state index contributed by atoms with van der Waals surface area (Å²) >= 11 is 5.89. The van der Waals surface area contributed by atoms with Crippen LogP contribution >= 0.6 is 11.6 Å². The standard InChI is InChI=1S/C21H14ClNO2/c22-13-14-6-8-16(9-7-14)20-17(15-4-2-1-3-5-15)12-18-19(23-20)10-11-25-21(18)24/h1-12H,13H2. The van der Waals surface area contributed by atoms with E-state index in [4.69, 9.17) is 21.0 Å². The van der Waals surface area contributed by atoms with Gasteiger partial charge in [-0.2, -0.15) is 0 Å². The number of alkyl halides is 1. The summed E-state index contributed by atoms with van der Waals surface area (Å²) < 4.78 is 5.00. The smallest absolute Gasteiger partial charge is 0.345 e. The maximum atomic E-state index is 12.1. The molecule has 0 radical (unpaired) electrons. The van der Waals surface area contributed by atoms with Gasteiger partial charge >= 0.3 is 5.63 Å². The molecule has 4 heteroatoms. The van der Waals surface area contributed by atoms with Crippen molar-refractivity contribution in [2.45, 2.75) is 5.88 Å². The zero-order valence-corrected chi connectivity index (χ0v) is 14.0. The molecule has 2 aromatic carbocycles. The van der Waals surface area contributed by atoms with Crippen LogP contribution in [0.1, 0.15) is 5.56 Å². The van der Waals surface area contributed by atoms with Crippen molar-refractivity contribution in [3.63, 3.8) is 0 Å². The Morgan fingerprint density at radius 1 is 0.920 bits per heavy atom. The normalized spacial score (nSPS) is 10.9. The second-order valence-electron chi connectivity index (χ2n) is 5.72. The number of nitrogens with zero attached hydrogens (tertiary/aromatic N) is 1. The van der Waals surface area contributed by atoms with Crippen molar-refractivity contribution in [1.29, 1.82) is 0 Å². The molecule has 0 aliphatic rings. The van der Waals surface area contributed by atoms with Gasteiger partial charge in [0.15, 0.2) is 0 Å². The molecule has 0 aliphatic carbocycles. The van der Waals surface area contributed by atoms with Gasteiger partial charge in [0.05, 0.1) is 22.9 Å². The summed E-state index contributed by atoms with van der Waals surface area (Å²) in [6.45, 7) is 0. The van der Waals surface area contributed by atoms with Gasteiger partial charge in [-0.05, 0) is 23.3 Å². The second-order valence-corrected chi connectivity index (χ2v) is 5.99. The first kappa shape index (κ1) is 15.6. The Balaban J connectivity index is 2.02. The Hall–Kier alpha value is -2.91. The molecular formula is C21H14ClNO2. The molecule has 0 bridgehead atoms. The topological polar surface area (TPSA) is 43.1 Å². The number of halogens is 1. The number of benzene rings is 2. The Bertz CT molecular complexity index is 1090. The fraction of sp³-hybridized carbons (Fsp3) is 0.0476. The van der Waals surface area contributed by atoms with Crippen molar-refractivity contribution < 1.29 is 4.42 Å². The molecule has 0 amide bonds. The van der Waals surface area contributed by atoms with Crippen LogP contribution < -0.4 is 5.63 Å². The summed E-state index contributed by atoms with van der Waals surface area (Å²) in [6.07, 6.45) is 1.38. The van der Waals surface area contributed by atoms with Crippen LogP contribution in [0.15, 0.2) is 82.2 Å². The third-order valence-electron chi connectivity index (χ3n) is 4.14. The lowest BCUT2D eigenvalue weighted by molar-refractivity contribution is 0.519. The number of aromatic nitrogens is 1. The summed E-state index contributed by atoms with van der Waals surface area (Å²) in [6, 6.07) is 21.4. The Morgan fingerprint density at radius 2 is 1.68 bits per heavy atom. The van der Waals surface area contributed by atoms with E-state index in [1.807, 2.05) is 60.7 Å². The second kappa shape index (κ2) is 6.54. The molecule has 0 aliphatic heterocycles. The number of rotatable bonds is 3. The lowest BCUT2D eigenvalue weighted by Crippen LogP contribution is -2.01. The molecule has 0 saturated carbocycles. The molecule has 0 spiro atoms. The van der Waals surface area contributed by atoms with E-state index in [2.05, 4.69) is 0 Å². The summed E-state index contributed by atoms with van der Waals surface area (Å²) in [5.74, 6) is 0.470. The van der Waals surface area contributed by atoms with Gasteiger partial charge in [-0.3, -0.25) is 0 Å². The van der Waals surface area contributed by atoms with Crippen LogP contribution in [0.5, 0.6) is 0 Å². The largest absolute Gasteiger partial charge is 0.431 e. The van der Waals surface area contributed by atoms with Crippen molar-refractivity contribution >= 4 is 22.5 Å². The van der Waals surface area contributed by atoms with Crippen molar-refractivity contribution in [2.24, 2.45) is 0 Å². The van der Waals surface area contributed by atoms with Gasteiger partial charge in [0.2, 0.25) is 0 Å². The van der Waals surface area contributed by atoms with Crippen LogP contribution in [-0.2, 0) is 5.88 Å². The molecule has 0 fully saturated rings. The third-order valence-corrected chi connectivity index (χ3v) is 4.45. The molecule has 122 valence electrons. The lowest BCUT2D eigenvalue weighted by atomic mass is 9.97. The van der Waals surface area contributed by atoms with E-state index < -0.39 is 0 Å². The van der Waals surface area contributed by atoms with Gasteiger partial charge in [-0.1, -0.05) is 54.6 Å². The first-order valence-electron chi connectivity index (χ1n) is 7.89. The molecule has 0 saturated heterocycles. The molecule has 0 unspecified atom stereocenters. The van der Waals surface area contributed by atoms with Gasteiger partial charge in [0.1, 0.15) is 0 Å². The van der Waals surface area contributed by atoms with Crippen molar-refractivity contribution in [2.75, 3.05) is 0 Å². The molecule has 3 nitrogen and oxygen atoms in total. The minimum Gasteiger partial charge on any atom is -0.431 e. The maximum absolute atomic E-state index is 12.1. The van der Waals surface area contributed by atoms with Crippen LogP contribution in [0.3, 0.4) is 0 Å². The molecule has 2 aromatic heterocycles. The minimum atomic E-state index is -0.383. The quantitative estimate of drug-likeness (QED) is 0.475. The van der Waals surface area contributed by atoms with E-state index in [0.29, 0.717) is 16.8 Å². The first-order chi connectivity index (χ1) is 12.3. The Labute approximate surface area is 149 Å². The van der Waals surface area contributed by atoms with Gasteiger partial charge in [-0.15, -0.1) is 11.6 Å². The minimum absolute atomic E-state index is 0.383. The SMILES string of the molecule is O=c1occc2nc(-c3ccc(CCl)cc3)c(-c3ccccc3)cc12. The van der Waals surface area contributed by atoms with Crippen molar-refractivity contribution in [3.8, 4) is 22.4 Å². The lowest BCUT2D eigenvalue weighted by Gasteiger charge is -2.11. The van der Waals surface area contributed by atoms with Crippen LogP contribution in [0.4, 0.5) is 0 Å². The summed E-state index contributed by atoms with van der Waals surface area (Å²) in [5, 5.41) is 0.475. The molecule has 2 heterocycles. The van der Waals surface area contributed by atoms with Gasteiger partial charge in [0, 0.05) is 17.0 Å². The number of fused-ring (bicyclic) bond motifs is 1. The predicted octanol–water partition coefficient (Wildman–Crippen LogP) is 5.26. The average molecular weight is 348 g/mol. The molecule has 0 atom stereocenters. The van der Waals surface area contributed by atoms with E-state index in [9.17, 15) is 4.79 Å². The van der Waals surface area contributed by atoms with Crippen LogP contribution in [0, 0.1) is 0 Å². The van der Waals surface area contributed by atoms with E-state index in [0.717, 1.165) is 27.9 Å². The van der Waals surface area contributed by atoms with E-state index in [-0.39, 0.29) is 5.63 Å². The van der Waals surface area contributed by atoms with E-state index in [1.54, 1.807) is 6.07 Å². The highest BCUT2D eigenvalue weighted by Gasteiger charge is 2.13. The summed E-state index contributed by atoms with van der Waals surface area (Å²) in [4.78, 5) is 16.8. The van der Waals surface area contributed by atoms with Crippen LogP contribution in [0.2, 0.25) is 0 Å². The predicted molar refractivity (Wildman–Crippen MR) is 101 cm³/mol. The Kier molecular flexibility index (Phi) is 4.08. The van der Waals surface area contributed by atoms with E-state index >= 15 is 0 Å². The molecule has 4 rings (SSSR count). The van der Waals surface area contributed by atoms with Crippen LogP contribution in [0.25, 0.3) is 33.3 Å². The van der Waals surface area contributed by atoms with Crippen molar-refractivity contribution in [1.82, 2.24) is 4.98 Å². The van der Waals surface area contributed by atoms with Gasteiger partial charge < -0.3 is 4.42 Å². The third kappa shape index (κ3) is 2.94. The fourth-order valence-corrected chi connectivity index (χ4v) is 3.03. The average Bonchev–Trinajstić information content (AvgIpc) is 2.68. The molecule has 4 aromatic rings. The summed E-state index contributed by atoms with van der Waals surface area (Å²) in [7, 11) is 0. The summed E-state index contributed by atoms with van der Waals surface area (Å²) in [5.41, 5.74) is 4.97. The van der Waals surface area contributed by atoms with Crippen molar-refractivity contribution in [3.05, 3.63) is 89.0 Å². The van der Waals surface area contributed by atoms with E-state index in [1.165, 1.54) is 6.26 Å². The highest BCUT2D eigenvalue weighted by Crippen LogP contribution is 2.32. The first-order valence-corrected chi connectivity index (χ1v) is 8.43. The van der Waals surface area contributed by atoms with Gasteiger partial charge in [-0.25, -0.2) is 9.78 Å². The highest BCUT2D eigenvalue weighted by molar-refractivity contribution is 6.17. The fourth-order valence-electron chi connectivity index (χ4n) is 2.85. The molecule has 25 heavy (non-hydrogen) atoms. The molecular weight excluding hydrogens is 334 g/mol. The Morgan fingerprint density at radius 3 is 2.40 bits per heavy atom. The highest BCUT2D eigenvalue weighted by atomic mass is 35.5.